The lowest BCUT2D eigenvalue weighted by Gasteiger charge is -2.04. The molecule has 0 aromatic heterocycles. The molecule has 0 heterocycles. The molecule has 1 rings (SSSR count). The van der Waals surface area contributed by atoms with Crippen molar-refractivity contribution in [1.29, 1.82) is 0 Å². The van der Waals surface area contributed by atoms with E-state index in [0.717, 1.165) is 5.56 Å². The van der Waals surface area contributed by atoms with Crippen molar-refractivity contribution in [3.05, 3.63) is 35.4 Å². The highest BCUT2D eigenvalue weighted by Gasteiger charge is 2.05. The lowest BCUT2D eigenvalue weighted by Crippen LogP contribution is -2.07. The van der Waals surface area contributed by atoms with Gasteiger partial charge < -0.3 is 0 Å². The van der Waals surface area contributed by atoms with Gasteiger partial charge >= 0.3 is 0 Å². The number of carbonyl (C=O) groups excluding carboxylic acids is 1. The van der Waals surface area contributed by atoms with Crippen LogP contribution in [-0.2, 0) is 11.2 Å². The zero-order valence-electron chi connectivity index (χ0n) is 9.62. The Balaban J connectivity index is 2.44. The van der Waals surface area contributed by atoms with Crippen LogP contribution in [0.4, 0.5) is 0 Å². The van der Waals surface area contributed by atoms with Crippen LogP contribution in [0.3, 0.4) is 0 Å². The SMILES string of the molecule is Cc1cccc(CC(=O)CSC(C)C)c1. The molecule has 0 saturated heterocycles. The summed E-state index contributed by atoms with van der Waals surface area (Å²) in [4.78, 5) is 11.6. The van der Waals surface area contributed by atoms with Crippen LogP contribution in [0.15, 0.2) is 24.3 Å². The van der Waals surface area contributed by atoms with Gasteiger partial charge in [0, 0.05) is 6.42 Å². The molecule has 0 bridgehead atoms. The Morgan fingerprint density at radius 3 is 2.73 bits per heavy atom. The van der Waals surface area contributed by atoms with Gasteiger partial charge in [-0.1, -0.05) is 43.7 Å². The molecule has 0 aliphatic heterocycles. The van der Waals surface area contributed by atoms with Crippen LogP contribution in [0.5, 0.6) is 0 Å². The highest BCUT2D eigenvalue weighted by molar-refractivity contribution is 8.00. The number of rotatable bonds is 5. The largest absolute Gasteiger partial charge is 0.298 e. The van der Waals surface area contributed by atoms with E-state index < -0.39 is 0 Å². The summed E-state index contributed by atoms with van der Waals surface area (Å²) >= 11 is 1.71. The average Bonchev–Trinajstić information content (AvgIpc) is 2.15. The van der Waals surface area contributed by atoms with Crippen molar-refractivity contribution < 1.29 is 4.79 Å². The quantitative estimate of drug-likeness (QED) is 0.760. The molecular weight excluding hydrogens is 204 g/mol. The van der Waals surface area contributed by atoms with Crippen LogP contribution >= 0.6 is 11.8 Å². The van der Waals surface area contributed by atoms with Crippen molar-refractivity contribution in [2.75, 3.05) is 5.75 Å². The Labute approximate surface area is 96.3 Å². The van der Waals surface area contributed by atoms with Gasteiger partial charge in [0.15, 0.2) is 0 Å². The van der Waals surface area contributed by atoms with Crippen LogP contribution in [0.25, 0.3) is 0 Å². The third kappa shape index (κ3) is 5.03. The van der Waals surface area contributed by atoms with Gasteiger partial charge in [0.05, 0.1) is 5.75 Å². The van der Waals surface area contributed by atoms with Crippen molar-refractivity contribution >= 4 is 17.5 Å². The molecule has 0 aliphatic rings. The molecule has 0 fully saturated rings. The molecule has 1 nitrogen and oxygen atoms in total. The van der Waals surface area contributed by atoms with Crippen LogP contribution in [0.2, 0.25) is 0 Å². The van der Waals surface area contributed by atoms with Crippen LogP contribution < -0.4 is 0 Å². The van der Waals surface area contributed by atoms with Gasteiger partial charge in [-0.3, -0.25) is 4.79 Å². The number of Topliss-reactive ketones (excluding diaryl/α,β-unsaturated/α-hetero) is 1. The van der Waals surface area contributed by atoms with Gasteiger partial charge in [-0.05, 0) is 17.7 Å². The van der Waals surface area contributed by atoms with Crippen molar-refractivity contribution in [2.24, 2.45) is 0 Å². The summed E-state index contributed by atoms with van der Waals surface area (Å²) in [6, 6.07) is 8.16. The first-order valence-corrected chi connectivity index (χ1v) is 6.31. The van der Waals surface area contributed by atoms with Crippen molar-refractivity contribution in [1.82, 2.24) is 0 Å². The maximum absolute atomic E-state index is 11.6. The minimum atomic E-state index is 0.319. The highest BCUT2D eigenvalue weighted by atomic mass is 32.2. The molecule has 82 valence electrons. The predicted octanol–water partition coefficient (Wildman–Crippen LogP) is 3.25. The van der Waals surface area contributed by atoms with Gasteiger partial charge in [0.1, 0.15) is 5.78 Å². The van der Waals surface area contributed by atoms with E-state index in [1.165, 1.54) is 5.56 Å². The average molecular weight is 222 g/mol. The van der Waals surface area contributed by atoms with E-state index in [4.69, 9.17) is 0 Å². The van der Waals surface area contributed by atoms with Gasteiger partial charge in [0.25, 0.3) is 0 Å². The second-order valence-corrected chi connectivity index (χ2v) is 5.63. The third-order valence-electron chi connectivity index (χ3n) is 2.06. The highest BCUT2D eigenvalue weighted by Crippen LogP contribution is 2.11. The van der Waals surface area contributed by atoms with E-state index >= 15 is 0 Å². The molecule has 0 atom stereocenters. The molecule has 0 unspecified atom stereocenters. The molecule has 2 heteroatoms. The van der Waals surface area contributed by atoms with Crippen molar-refractivity contribution in [2.45, 2.75) is 32.4 Å². The Morgan fingerprint density at radius 1 is 1.40 bits per heavy atom. The number of thioether (sulfide) groups is 1. The number of benzene rings is 1. The fourth-order valence-electron chi connectivity index (χ4n) is 1.36. The van der Waals surface area contributed by atoms with Gasteiger partial charge in [-0.15, -0.1) is 0 Å². The summed E-state index contributed by atoms with van der Waals surface area (Å²) in [6.45, 7) is 6.28. The Morgan fingerprint density at radius 2 is 2.13 bits per heavy atom. The minimum absolute atomic E-state index is 0.319. The second-order valence-electron chi connectivity index (χ2n) is 4.06. The summed E-state index contributed by atoms with van der Waals surface area (Å²) in [5, 5.41) is 0.534. The van der Waals surface area contributed by atoms with Crippen molar-refractivity contribution in [3.63, 3.8) is 0 Å². The monoisotopic (exact) mass is 222 g/mol. The van der Waals surface area contributed by atoms with Crippen molar-refractivity contribution in [3.8, 4) is 0 Å². The number of carbonyl (C=O) groups is 1. The van der Waals surface area contributed by atoms with Crippen LogP contribution in [0.1, 0.15) is 25.0 Å². The van der Waals surface area contributed by atoms with E-state index in [2.05, 4.69) is 32.9 Å². The van der Waals surface area contributed by atoms with E-state index in [0.29, 0.717) is 23.2 Å². The summed E-state index contributed by atoms with van der Waals surface area (Å²) < 4.78 is 0. The smallest absolute Gasteiger partial charge is 0.147 e. The molecule has 1 aromatic carbocycles. The molecule has 0 radical (unpaired) electrons. The summed E-state index contributed by atoms with van der Waals surface area (Å²) in [6.07, 6.45) is 0.571. The fourth-order valence-corrected chi connectivity index (χ4v) is 1.98. The van der Waals surface area contributed by atoms with Gasteiger partial charge in [0.2, 0.25) is 0 Å². The summed E-state index contributed by atoms with van der Waals surface area (Å²) in [5.74, 6) is 0.949. The molecule has 0 aliphatic carbocycles. The normalized spacial score (nSPS) is 10.7. The second kappa shape index (κ2) is 5.96. The zero-order valence-corrected chi connectivity index (χ0v) is 10.4. The zero-order chi connectivity index (χ0) is 11.3. The van der Waals surface area contributed by atoms with E-state index in [1.54, 1.807) is 11.8 Å². The van der Waals surface area contributed by atoms with E-state index in [9.17, 15) is 4.79 Å². The third-order valence-corrected chi connectivity index (χ3v) is 3.22. The first-order valence-electron chi connectivity index (χ1n) is 5.27. The first kappa shape index (κ1) is 12.3. The minimum Gasteiger partial charge on any atom is -0.298 e. The number of hydrogen-bond acceptors (Lipinski definition) is 2. The number of ketones is 1. The Bertz CT molecular complexity index is 331. The Hall–Kier alpha value is -0.760. The maximum atomic E-state index is 11.6. The fraction of sp³-hybridized carbons (Fsp3) is 0.462. The molecule has 0 N–H and O–H groups in total. The number of aryl methyl sites for hydroxylation is 1. The molecule has 15 heavy (non-hydrogen) atoms. The standard InChI is InChI=1S/C13H18OS/c1-10(2)15-9-13(14)8-12-6-4-5-11(3)7-12/h4-7,10H,8-9H2,1-3H3. The molecule has 1 aromatic rings. The summed E-state index contributed by atoms with van der Waals surface area (Å²) in [7, 11) is 0. The molecule has 0 saturated carbocycles. The molecule has 0 spiro atoms. The number of hydrogen-bond donors (Lipinski definition) is 0. The molecule has 0 amide bonds. The molecular formula is C13H18OS. The van der Waals surface area contributed by atoms with Crippen LogP contribution in [-0.4, -0.2) is 16.8 Å². The van der Waals surface area contributed by atoms with Gasteiger partial charge in [-0.25, -0.2) is 0 Å². The first-order chi connectivity index (χ1) is 7.08. The maximum Gasteiger partial charge on any atom is 0.147 e. The van der Waals surface area contributed by atoms with Gasteiger partial charge in [-0.2, -0.15) is 11.8 Å². The van der Waals surface area contributed by atoms with E-state index in [-0.39, 0.29) is 0 Å². The Kier molecular flexibility index (Phi) is 4.89. The lowest BCUT2D eigenvalue weighted by atomic mass is 10.1. The lowest BCUT2D eigenvalue weighted by molar-refractivity contribution is -0.116. The summed E-state index contributed by atoms with van der Waals surface area (Å²) in [5.41, 5.74) is 2.35. The van der Waals surface area contributed by atoms with E-state index in [1.807, 2.05) is 12.1 Å². The van der Waals surface area contributed by atoms with Crippen LogP contribution in [0, 0.1) is 6.92 Å². The predicted molar refractivity (Wildman–Crippen MR) is 67.5 cm³/mol. The topological polar surface area (TPSA) is 17.1 Å².